The highest BCUT2D eigenvalue weighted by molar-refractivity contribution is 5.79. The molecule has 0 aliphatic carbocycles. The van der Waals surface area contributed by atoms with Gasteiger partial charge in [-0.2, -0.15) is 5.10 Å². The Morgan fingerprint density at radius 1 is 1.26 bits per heavy atom. The Hall–Kier alpha value is -1.56. The van der Waals surface area contributed by atoms with Gasteiger partial charge in [-0.15, -0.1) is 0 Å². The van der Waals surface area contributed by atoms with Crippen LogP contribution in [0.25, 0.3) is 0 Å². The van der Waals surface area contributed by atoms with Crippen molar-refractivity contribution in [1.82, 2.24) is 25.3 Å². The Kier molecular flexibility index (Phi) is 6.45. The van der Waals surface area contributed by atoms with Gasteiger partial charge in [-0.25, -0.2) is 0 Å². The van der Waals surface area contributed by atoms with E-state index in [0.29, 0.717) is 0 Å². The highest BCUT2D eigenvalue weighted by atomic mass is 15.3. The van der Waals surface area contributed by atoms with Crippen LogP contribution in [-0.2, 0) is 6.54 Å². The Balaban J connectivity index is 1.73. The second kappa shape index (κ2) is 8.34. The predicted octanol–water partition coefficient (Wildman–Crippen LogP) is 1.62. The molecule has 1 aromatic rings. The number of hydrogen-bond acceptors (Lipinski definition) is 3. The number of likely N-dealkylation sites (tertiary alicyclic amines) is 1. The van der Waals surface area contributed by atoms with Crippen molar-refractivity contribution in [2.45, 2.75) is 52.1 Å². The number of rotatable bonds is 6. The van der Waals surface area contributed by atoms with Crippen LogP contribution in [0.3, 0.4) is 0 Å². The zero-order chi connectivity index (χ0) is 16.7. The average Bonchev–Trinajstić information content (AvgIpc) is 2.97. The first kappa shape index (κ1) is 17.8. The van der Waals surface area contributed by atoms with Crippen LogP contribution < -0.4 is 10.6 Å². The van der Waals surface area contributed by atoms with Crippen molar-refractivity contribution in [1.29, 1.82) is 0 Å². The Morgan fingerprint density at radius 3 is 2.61 bits per heavy atom. The molecule has 0 radical (unpaired) electrons. The van der Waals surface area contributed by atoms with Crippen LogP contribution in [0, 0.1) is 6.92 Å². The van der Waals surface area contributed by atoms with Gasteiger partial charge in [0, 0.05) is 31.9 Å². The summed E-state index contributed by atoms with van der Waals surface area (Å²) in [6.45, 7) is 11.6. The van der Waals surface area contributed by atoms with Crippen molar-refractivity contribution in [2.24, 2.45) is 4.99 Å². The van der Waals surface area contributed by atoms with Crippen LogP contribution in [0.15, 0.2) is 17.4 Å². The molecular weight excluding hydrogens is 288 g/mol. The minimum absolute atomic E-state index is 0.150. The molecule has 0 bridgehead atoms. The van der Waals surface area contributed by atoms with Gasteiger partial charge >= 0.3 is 0 Å². The number of aromatic nitrogens is 2. The molecule has 0 saturated carbocycles. The van der Waals surface area contributed by atoms with Crippen molar-refractivity contribution in [3.63, 3.8) is 0 Å². The first-order valence-electron chi connectivity index (χ1n) is 8.70. The molecule has 1 aliphatic heterocycles. The zero-order valence-corrected chi connectivity index (χ0v) is 15.1. The van der Waals surface area contributed by atoms with E-state index in [0.717, 1.165) is 25.6 Å². The molecule has 23 heavy (non-hydrogen) atoms. The van der Waals surface area contributed by atoms with Crippen LogP contribution in [-0.4, -0.2) is 59.4 Å². The van der Waals surface area contributed by atoms with E-state index in [2.05, 4.69) is 52.6 Å². The smallest absolute Gasteiger partial charge is 0.191 e. The van der Waals surface area contributed by atoms with Gasteiger partial charge in [-0.05, 0) is 52.3 Å². The second-order valence-electron chi connectivity index (χ2n) is 6.99. The number of nitrogens with zero attached hydrogens (tertiary/aromatic N) is 4. The van der Waals surface area contributed by atoms with Gasteiger partial charge in [0.2, 0.25) is 0 Å². The highest BCUT2D eigenvalue weighted by Crippen LogP contribution is 2.19. The molecule has 0 amide bonds. The van der Waals surface area contributed by atoms with Gasteiger partial charge in [0.25, 0.3) is 0 Å². The number of nitrogens with one attached hydrogen (secondary N) is 2. The first-order valence-corrected chi connectivity index (χ1v) is 8.70. The van der Waals surface area contributed by atoms with Crippen molar-refractivity contribution in [2.75, 3.05) is 33.2 Å². The fraction of sp³-hybridized carbons (Fsp3) is 0.765. The van der Waals surface area contributed by atoms with Crippen LogP contribution in [0.1, 0.15) is 38.7 Å². The third-order valence-corrected chi connectivity index (χ3v) is 4.52. The van der Waals surface area contributed by atoms with E-state index in [9.17, 15) is 0 Å². The molecule has 1 fully saturated rings. The maximum absolute atomic E-state index is 4.32. The van der Waals surface area contributed by atoms with Crippen molar-refractivity contribution >= 4 is 5.96 Å². The standard InChI is InChI=1S/C17H32N6/c1-15-12-21-23(13-15)11-8-19-16(18-4)20-14-17(2,3)22-9-6-5-7-10-22/h12-13H,5-11,14H2,1-4H3,(H2,18,19,20). The molecule has 0 unspecified atom stereocenters. The van der Waals surface area contributed by atoms with Crippen LogP contribution in [0.2, 0.25) is 0 Å². The van der Waals surface area contributed by atoms with Crippen molar-refractivity contribution < 1.29 is 0 Å². The van der Waals surface area contributed by atoms with E-state index in [4.69, 9.17) is 0 Å². The fourth-order valence-electron chi connectivity index (χ4n) is 3.01. The summed E-state index contributed by atoms with van der Waals surface area (Å²) in [7, 11) is 1.82. The summed E-state index contributed by atoms with van der Waals surface area (Å²) in [5.74, 6) is 0.860. The monoisotopic (exact) mass is 320 g/mol. The van der Waals surface area contributed by atoms with E-state index in [1.165, 1.54) is 37.9 Å². The molecule has 6 nitrogen and oxygen atoms in total. The van der Waals surface area contributed by atoms with Gasteiger partial charge < -0.3 is 10.6 Å². The van der Waals surface area contributed by atoms with Crippen molar-refractivity contribution in [3.8, 4) is 0 Å². The van der Waals surface area contributed by atoms with E-state index < -0.39 is 0 Å². The second-order valence-corrected chi connectivity index (χ2v) is 6.99. The summed E-state index contributed by atoms with van der Waals surface area (Å²) in [6, 6.07) is 0. The normalized spacial score (nSPS) is 17.3. The first-order chi connectivity index (χ1) is 11.0. The summed E-state index contributed by atoms with van der Waals surface area (Å²) in [5.41, 5.74) is 1.34. The Morgan fingerprint density at radius 2 is 2.00 bits per heavy atom. The largest absolute Gasteiger partial charge is 0.355 e. The molecule has 1 aromatic heterocycles. The minimum Gasteiger partial charge on any atom is -0.355 e. The number of aryl methyl sites for hydroxylation is 1. The average molecular weight is 320 g/mol. The van der Waals surface area contributed by atoms with E-state index in [1.54, 1.807) is 0 Å². The lowest BCUT2D eigenvalue weighted by molar-refractivity contribution is 0.0982. The lowest BCUT2D eigenvalue weighted by Crippen LogP contribution is -2.55. The topological polar surface area (TPSA) is 57.5 Å². The molecule has 2 heterocycles. The molecule has 0 aromatic carbocycles. The van der Waals surface area contributed by atoms with Gasteiger partial charge in [0.1, 0.15) is 0 Å². The predicted molar refractivity (Wildman–Crippen MR) is 95.8 cm³/mol. The number of piperidine rings is 1. The molecule has 1 saturated heterocycles. The molecule has 6 heteroatoms. The van der Waals surface area contributed by atoms with Gasteiger partial charge in [0.15, 0.2) is 5.96 Å². The van der Waals surface area contributed by atoms with Crippen LogP contribution >= 0.6 is 0 Å². The minimum atomic E-state index is 0.150. The maximum Gasteiger partial charge on any atom is 0.191 e. The summed E-state index contributed by atoms with van der Waals surface area (Å²) in [6.07, 6.45) is 7.95. The van der Waals surface area contributed by atoms with Crippen LogP contribution in [0.4, 0.5) is 0 Å². The number of aliphatic imine (C=N–C) groups is 1. The van der Waals surface area contributed by atoms with E-state index >= 15 is 0 Å². The summed E-state index contributed by atoms with van der Waals surface area (Å²) in [5, 5.41) is 11.1. The number of hydrogen-bond donors (Lipinski definition) is 2. The molecule has 0 atom stereocenters. The molecule has 1 aliphatic rings. The van der Waals surface area contributed by atoms with Gasteiger partial charge in [-0.3, -0.25) is 14.6 Å². The fourth-order valence-corrected chi connectivity index (χ4v) is 3.01. The third kappa shape index (κ3) is 5.53. The molecule has 2 N–H and O–H groups in total. The lowest BCUT2D eigenvalue weighted by atomic mass is 9.98. The molecular formula is C17H32N6. The summed E-state index contributed by atoms with van der Waals surface area (Å²) < 4.78 is 1.95. The van der Waals surface area contributed by atoms with Gasteiger partial charge in [-0.1, -0.05) is 6.42 Å². The van der Waals surface area contributed by atoms with Crippen molar-refractivity contribution in [3.05, 3.63) is 18.0 Å². The maximum atomic E-state index is 4.32. The quantitative estimate of drug-likeness (QED) is 0.618. The molecule has 2 rings (SSSR count). The Labute approximate surface area is 140 Å². The third-order valence-electron chi connectivity index (χ3n) is 4.52. The van der Waals surface area contributed by atoms with Gasteiger partial charge in [0.05, 0.1) is 12.7 Å². The highest BCUT2D eigenvalue weighted by Gasteiger charge is 2.27. The summed E-state index contributed by atoms with van der Waals surface area (Å²) >= 11 is 0. The van der Waals surface area contributed by atoms with E-state index in [-0.39, 0.29) is 5.54 Å². The number of guanidine groups is 1. The summed E-state index contributed by atoms with van der Waals surface area (Å²) in [4.78, 5) is 6.91. The molecule has 0 spiro atoms. The van der Waals surface area contributed by atoms with Crippen LogP contribution in [0.5, 0.6) is 0 Å². The SMILES string of the molecule is CN=C(NCCn1cc(C)cn1)NCC(C)(C)N1CCCCC1. The zero-order valence-electron chi connectivity index (χ0n) is 15.1. The van der Waals surface area contributed by atoms with E-state index in [1.807, 2.05) is 17.9 Å². The lowest BCUT2D eigenvalue weighted by Gasteiger charge is -2.41. The molecule has 130 valence electrons. The Bertz CT molecular complexity index is 499.